The topological polar surface area (TPSA) is 46.4 Å². The van der Waals surface area contributed by atoms with Crippen LogP contribution in [0.15, 0.2) is 36.4 Å². The van der Waals surface area contributed by atoms with Gasteiger partial charge in [0.1, 0.15) is 5.82 Å². The second-order valence-corrected chi connectivity index (χ2v) is 5.97. The molecule has 2 aromatic rings. The molecule has 0 unspecified atom stereocenters. The van der Waals surface area contributed by atoms with Crippen molar-refractivity contribution in [3.05, 3.63) is 74.6 Å². The summed E-state index contributed by atoms with van der Waals surface area (Å²) in [6.45, 7) is 1.03. The minimum Gasteiger partial charge on any atom is -0.294 e. The highest BCUT2D eigenvalue weighted by Crippen LogP contribution is 2.32. The zero-order valence-corrected chi connectivity index (χ0v) is 13.0. The molecule has 132 valence electrons. The second-order valence-electron chi connectivity index (χ2n) is 5.97. The fraction of sp³-hybridized carbons (Fsp3) is 0.294. The van der Waals surface area contributed by atoms with Crippen LogP contribution < -0.4 is 0 Å². The van der Waals surface area contributed by atoms with E-state index >= 15 is 0 Å². The van der Waals surface area contributed by atoms with Crippen molar-refractivity contribution in [2.45, 2.75) is 25.7 Å². The second kappa shape index (κ2) is 6.44. The Kier molecular flexibility index (Phi) is 4.47. The number of hydrogen-bond acceptors (Lipinski definition) is 3. The molecule has 0 bridgehead atoms. The van der Waals surface area contributed by atoms with Crippen molar-refractivity contribution in [2.75, 3.05) is 6.54 Å². The summed E-state index contributed by atoms with van der Waals surface area (Å²) in [7, 11) is 0. The van der Waals surface area contributed by atoms with Crippen molar-refractivity contribution in [1.82, 2.24) is 4.90 Å². The molecule has 3 rings (SSSR count). The molecule has 25 heavy (non-hydrogen) atoms. The maximum absolute atomic E-state index is 14.0. The van der Waals surface area contributed by atoms with Crippen LogP contribution in [-0.2, 0) is 25.7 Å². The first-order valence-corrected chi connectivity index (χ1v) is 7.58. The van der Waals surface area contributed by atoms with Crippen LogP contribution in [0.1, 0.15) is 22.3 Å². The summed E-state index contributed by atoms with van der Waals surface area (Å²) in [5.41, 5.74) is 0.674. The summed E-state index contributed by atoms with van der Waals surface area (Å²) in [5, 5.41) is 10.6. The Morgan fingerprint density at radius 2 is 1.88 bits per heavy atom. The van der Waals surface area contributed by atoms with Crippen LogP contribution in [0.5, 0.6) is 0 Å². The lowest BCUT2D eigenvalue weighted by atomic mass is 9.97. The van der Waals surface area contributed by atoms with Crippen molar-refractivity contribution < 1.29 is 22.5 Å². The highest BCUT2D eigenvalue weighted by molar-refractivity contribution is 5.36. The fourth-order valence-electron chi connectivity index (χ4n) is 2.95. The molecule has 0 spiro atoms. The first-order chi connectivity index (χ1) is 11.7. The Morgan fingerprint density at radius 1 is 1.12 bits per heavy atom. The van der Waals surface area contributed by atoms with E-state index in [0.29, 0.717) is 18.5 Å². The van der Waals surface area contributed by atoms with Gasteiger partial charge in [-0.3, -0.25) is 15.0 Å². The van der Waals surface area contributed by atoms with E-state index in [-0.39, 0.29) is 24.3 Å². The highest BCUT2D eigenvalue weighted by atomic mass is 19.4. The lowest BCUT2D eigenvalue weighted by molar-refractivity contribution is -0.385. The molecule has 1 aliphatic rings. The van der Waals surface area contributed by atoms with Crippen LogP contribution in [0, 0.1) is 15.9 Å². The molecule has 4 nitrogen and oxygen atoms in total. The van der Waals surface area contributed by atoms with Crippen molar-refractivity contribution in [1.29, 1.82) is 0 Å². The van der Waals surface area contributed by atoms with Gasteiger partial charge in [-0.25, -0.2) is 4.39 Å². The highest BCUT2D eigenvalue weighted by Gasteiger charge is 2.31. The van der Waals surface area contributed by atoms with Crippen molar-refractivity contribution in [2.24, 2.45) is 0 Å². The first kappa shape index (κ1) is 17.3. The number of hydrogen-bond donors (Lipinski definition) is 0. The SMILES string of the molecule is O=[N+]([O-])c1ccc(CN2CCc3ccc(C(F)(F)F)cc3C2)c(F)c1. The van der Waals surface area contributed by atoms with Gasteiger partial charge in [-0.15, -0.1) is 0 Å². The van der Waals surface area contributed by atoms with Crippen LogP contribution in [0.25, 0.3) is 0 Å². The van der Waals surface area contributed by atoms with Gasteiger partial charge in [0, 0.05) is 31.3 Å². The van der Waals surface area contributed by atoms with Crippen LogP contribution in [0.2, 0.25) is 0 Å². The molecule has 0 saturated heterocycles. The number of rotatable bonds is 3. The number of fused-ring (bicyclic) bond motifs is 1. The Hall–Kier alpha value is -2.48. The van der Waals surface area contributed by atoms with E-state index in [2.05, 4.69) is 0 Å². The number of nitrogens with zero attached hydrogens (tertiary/aromatic N) is 2. The maximum Gasteiger partial charge on any atom is 0.416 e. The van der Waals surface area contributed by atoms with Crippen LogP contribution >= 0.6 is 0 Å². The number of nitro benzene ring substituents is 1. The maximum atomic E-state index is 14.0. The van der Waals surface area contributed by atoms with E-state index in [4.69, 9.17) is 0 Å². The Balaban J connectivity index is 1.78. The van der Waals surface area contributed by atoms with Gasteiger partial charge in [-0.1, -0.05) is 6.07 Å². The molecule has 2 aromatic carbocycles. The number of halogens is 4. The van der Waals surface area contributed by atoms with Gasteiger partial charge in [0.2, 0.25) is 0 Å². The monoisotopic (exact) mass is 354 g/mol. The number of non-ortho nitro benzene ring substituents is 1. The third-order valence-corrected chi connectivity index (χ3v) is 4.27. The average molecular weight is 354 g/mol. The molecule has 8 heteroatoms. The predicted octanol–water partition coefficient (Wildman–Crippen LogP) is 4.31. The summed E-state index contributed by atoms with van der Waals surface area (Å²) in [4.78, 5) is 11.8. The molecule has 1 aliphatic heterocycles. The standard InChI is InChI=1S/C17H14F4N2O2/c18-16-8-15(23(24)25)4-2-12(16)9-22-6-5-11-1-3-14(17(19,20)21)7-13(11)10-22/h1-4,7-8H,5-6,9-10H2. The van der Waals surface area contributed by atoms with E-state index in [1.807, 2.05) is 4.90 Å². The molecular formula is C17H14F4N2O2. The average Bonchev–Trinajstić information content (AvgIpc) is 2.55. The van der Waals surface area contributed by atoms with E-state index in [0.717, 1.165) is 23.8 Å². The number of benzene rings is 2. The van der Waals surface area contributed by atoms with E-state index in [1.165, 1.54) is 18.2 Å². The van der Waals surface area contributed by atoms with Gasteiger partial charge >= 0.3 is 6.18 Å². The Bertz CT molecular complexity index is 821. The molecular weight excluding hydrogens is 340 g/mol. The van der Waals surface area contributed by atoms with Gasteiger partial charge in [0.25, 0.3) is 5.69 Å². The van der Waals surface area contributed by atoms with E-state index in [9.17, 15) is 27.7 Å². The van der Waals surface area contributed by atoms with Crippen molar-refractivity contribution in [3.63, 3.8) is 0 Å². The third-order valence-electron chi connectivity index (χ3n) is 4.27. The molecule has 0 aliphatic carbocycles. The zero-order chi connectivity index (χ0) is 18.2. The van der Waals surface area contributed by atoms with Crippen molar-refractivity contribution in [3.8, 4) is 0 Å². The molecule has 0 amide bonds. The van der Waals surface area contributed by atoms with E-state index < -0.39 is 22.5 Å². The molecule has 0 fully saturated rings. The predicted molar refractivity (Wildman–Crippen MR) is 82.3 cm³/mol. The molecule has 0 N–H and O–H groups in total. The minimum atomic E-state index is -4.40. The normalized spacial score (nSPS) is 15.0. The molecule has 0 radical (unpaired) electrons. The third kappa shape index (κ3) is 3.79. The molecule has 0 aromatic heterocycles. The molecule has 1 heterocycles. The largest absolute Gasteiger partial charge is 0.416 e. The summed E-state index contributed by atoms with van der Waals surface area (Å²) in [5.74, 6) is -0.691. The zero-order valence-electron chi connectivity index (χ0n) is 13.0. The summed E-state index contributed by atoms with van der Waals surface area (Å²) < 4.78 is 52.5. The van der Waals surface area contributed by atoms with Gasteiger partial charge in [0.05, 0.1) is 16.6 Å². The van der Waals surface area contributed by atoms with E-state index in [1.54, 1.807) is 0 Å². The summed E-state index contributed by atoms with van der Waals surface area (Å²) in [6.07, 6.45) is -3.83. The summed E-state index contributed by atoms with van der Waals surface area (Å²) >= 11 is 0. The van der Waals surface area contributed by atoms with Crippen LogP contribution in [-0.4, -0.2) is 16.4 Å². The Morgan fingerprint density at radius 3 is 2.52 bits per heavy atom. The fourth-order valence-corrected chi connectivity index (χ4v) is 2.95. The van der Waals surface area contributed by atoms with Crippen LogP contribution in [0.3, 0.4) is 0 Å². The minimum absolute atomic E-state index is 0.180. The smallest absolute Gasteiger partial charge is 0.294 e. The Labute approximate surface area is 140 Å². The lowest BCUT2D eigenvalue weighted by Crippen LogP contribution is -2.30. The quantitative estimate of drug-likeness (QED) is 0.469. The van der Waals surface area contributed by atoms with Gasteiger partial charge in [0.15, 0.2) is 0 Å². The van der Waals surface area contributed by atoms with Gasteiger partial charge < -0.3 is 0 Å². The van der Waals surface area contributed by atoms with Gasteiger partial charge in [-0.2, -0.15) is 13.2 Å². The molecule has 0 saturated carbocycles. The first-order valence-electron chi connectivity index (χ1n) is 7.58. The van der Waals surface area contributed by atoms with Crippen LogP contribution in [0.4, 0.5) is 23.2 Å². The molecule has 0 atom stereocenters. The summed E-state index contributed by atoms with van der Waals surface area (Å²) in [6, 6.07) is 7.11. The number of alkyl halides is 3. The van der Waals surface area contributed by atoms with Crippen molar-refractivity contribution >= 4 is 5.69 Å². The lowest BCUT2D eigenvalue weighted by Gasteiger charge is -2.29. The number of nitro groups is 1. The van der Waals surface area contributed by atoms with Gasteiger partial charge in [-0.05, 0) is 35.7 Å².